The molecule has 3 nitrogen and oxygen atoms in total. The summed E-state index contributed by atoms with van der Waals surface area (Å²) in [5.74, 6) is -0.200. The summed E-state index contributed by atoms with van der Waals surface area (Å²) in [7, 11) is 0. The van der Waals surface area contributed by atoms with Gasteiger partial charge in [0.05, 0.1) is 5.92 Å². The first-order valence-electron chi connectivity index (χ1n) is 7.68. The molecule has 2 fully saturated rings. The number of carbonyl (C=O) groups excluding carboxylic acids is 1. The number of nitrogens with zero attached hydrogens (tertiary/aromatic N) is 1. The number of allylic oxidation sites excluding steroid dienone is 1. The smallest absolute Gasteiger partial charge is 0.310 e. The molecule has 21 heavy (non-hydrogen) atoms. The van der Waals surface area contributed by atoms with Crippen molar-refractivity contribution >= 4 is 5.97 Å². The van der Waals surface area contributed by atoms with E-state index in [9.17, 15) is 4.79 Å². The van der Waals surface area contributed by atoms with Crippen molar-refractivity contribution in [1.29, 1.82) is 0 Å². The molecule has 112 valence electrons. The molecule has 1 saturated heterocycles. The maximum Gasteiger partial charge on any atom is 0.310 e. The van der Waals surface area contributed by atoms with Crippen LogP contribution in [0.3, 0.4) is 0 Å². The van der Waals surface area contributed by atoms with Gasteiger partial charge in [0, 0.05) is 23.7 Å². The van der Waals surface area contributed by atoms with Gasteiger partial charge in [-0.1, -0.05) is 24.1 Å². The minimum Gasteiger partial charge on any atom is -0.458 e. The maximum absolute atomic E-state index is 12.5. The molecule has 0 bridgehead atoms. The Hall–Kier alpha value is -1.64. The van der Waals surface area contributed by atoms with Gasteiger partial charge in [-0.2, -0.15) is 0 Å². The molecule has 0 radical (unpaired) electrons. The maximum atomic E-state index is 12.5. The Morgan fingerprint density at radius 1 is 1.38 bits per heavy atom. The fourth-order valence-electron chi connectivity index (χ4n) is 4.25. The zero-order valence-electron chi connectivity index (χ0n) is 13.3. The predicted molar refractivity (Wildman–Crippen MR) is 81.6 cm³/mol. The first-order valence-corrected chi connectivity index (χ1v) is 7.68. The molecule has 2 heterocycles. The van der Waals surface area contributed by atoms with Crippen molar-refractivity contribution in [3.8, 4) is 0 Å². The van der Waals surface area contributed by atoms with Gasteiger partial charge in [-0.05, 0) is 45.7 Å². The molecule has 0 spiro atoms. The molecular weight excluding hydrogens is 262 g/mol. The second kappa shape index (κ2) is 4.69. The fourth-order valence-corrected chi connectivity index (χ4v) is 4.25. The second-order valence-corrected chi connectivity index (χ2v) is 6.91. The van der Waals surface area contributed by atoms with Crippen LogP contribution in [-0.2, 0) is 16.0 Å². The van der Waals surface area contributed by atoms with Crippen molar-refractivity contribution in [3.05, 3.63) is 41.2 Å². The minimum absolute atomic E-state index is 0.0656. The molecule has 1 aliphatic heterocycles. The third-order valence-electron chi connectivity index (χ3n) is 5.63. The van der Waals surface area contributed by atoms with Crippen LogP contribution < -0.4 is 0 Å². The van der Waals surface area contributed by atoms with Gasteiger partial charge >= 0.3 is 5.97 Å². The monoisotopic (exact) mass is 285 g/mol. The predicted octanol–water partition coefficient (Wildman–Crippen LogP) is 3.69. The summed E-state index contributed by atoms with van der Waals surface area (Å²) < 4.78 is 5.84. The van der Waals surface area contributed by atoms with Crippen LogP contribution in [0.2, 0.25) is 0 Å². The van der Waals surface area contributed by atoms with Gasteiger partial charge in [0.2, 0.25) is 0 Å². The Labute approximate surface area is 126 Å². The molecule has 1 saturated carbocycles. The fraction of sp³-hybridized carbons (Fsp3) is 0.556. The average Bonchev–Trinajstić information content (AvgIpc) is 2.79. The van der Waals surface area contributed by atoms with E-state index in [0.29, 0.717) is 6.42 Å². The highest BCUT2D eigenvalue weighted by atomic mass is 16.6. The summed E-state index contributed by atoms with van der Waals surface area (Å²) >= 11 is 0. The van der Waals surface area contributed by atoms with Crippen molar-refractivity contribution < 1.29 is 9.53 Å². The van der Waals surface area contributed by atoms with Crippen LogP contribution >= 0.6 is 0 Å². The van der Waals surface area contributed by atoms with Gasteiger partial charge in [0.15, 0.2) is 0 Å². The molecule has 0 N–H and O–H groups in total. The second-order valence-electron chi connectivity index (χ2n) is 6.91. The SMILES string of the molecule is CC(C)=C1CC[C@]2(C)OC(=O)[C@@H](Cc3ccccn3)[C@@]12C. The summed E-state index contributed by atoms with van der Waals surface area (Å²) in [4.78, 5) is 16.9. The van der Waals surface area contributed by atoms with Gasteiger partial charge in [0.25, 0.3) is 0 Å². The third-order valence-corrected chi connectivity index (χ3v) is 5.63. The van der Waals surface area contributed by atoms with Gasteiger partial charge < -0.3 is 4.74 Å². The summed E-state index contributed by atoms with van der Waals surface area (Å²) in [6.45, 7) is 8.60. The van der Waals surface area contributed by atoms with Crippen molar-refractivity contribution in [2.75, 3.05) is 0 Å². The van der Waals surface area contributed by atoms with E-state index in [2.05, 4.69) is 32.7 Å². The van der Waals surface area contributed by atoms with Crippen LogP contribution in [0, 0.1) is 11.3 Å². The van der Waals surface area contributed by atoms with Gasteiger partial charge in [-0.3, -0.25) is 9.78 Å². The van der Waals surface area contributed by atoms with Crippen molar-refractivity contribution in [1.82, 2.24) is 4.98 Å². The normalized spacial score (nSPS) is 34.8. The van der Waals surface area contributed by atoms with Crippen LogP contribution in [0.5, 0.6) is 0 Å². The number of esters is 1. The first kappa shape index (κ1) is 14.3. The van der Waals surface area contributed by atoms with E-state index in [0.717, 1.165) is 18.5 Å². The molecule has 3 heteroatoms. The molecular formula is C18H23NO2. The number of aromatic nitrogens is 1. The number of rotatable bonds is 2. The lowest BCUT2D eigenvalue weighted by Crippen LogP contribution is -2.40. The minimum atomic E-state index is -0.365. The van der Waals surface area contributed by atoms with E-state index in [1.54, 1.807) is 6.20 Å². The number of fused-ring (bicyclic) bond motifs is 1. The molecule has 2 aliphatic rings. The van der Waals surface area contributed by atoms with Gasteiger partial charge in [-0.15, -0.1) is 0 Å². The lowest BCUT2D eigenvalue weighted by atomic mass is 9.65. The highest BCUT2D eigenvalue weighted by molar-refractivity contribution is 5.79. The molecule has 0 unspecified atom stereocenters. The molecule has 1 aliphatic carbocycles. The number of ether oxygens (including phenoxy) is 1. The number of pyridine rings is 1. The van der Waals surface area contributed by atoms with Crippen molar-refractivity contribution in [2.24, 2.45) is 11.3 Å². The summed E-state index contributed by atoms with van der Waals surface area (Å²) in [5.41, 5.74) is 3.11. The van der Waals surface area contributed by atoms with Crippen LogP contribution in [-0.4, -0.2) is 16.6 Å². The topological polar surface area (TPSA) is 39.2 Å². The molecule has 3 atom stereocenters. The van der Waals surface area contributed by atoms with Gasteiger partial charge in [0.1, 0.15) is 5.60 Å². The lowest BCUT2D eigenvalue weighted by molar-refractivity contribution is -0.150. The Balaban J connectivity index is 2.03. The van der Waals surface area contributed by atoms with E-state index in [4.69, 9.17) is 4.74 Å². The van der Waals surface area contributed by atoms with Crippen LogP contribution in [0.4, 0.5) is 0 Å². The number of hydrogen-bond donors (Lipinski definition) is 0. The molecule has 0 aromatic carbocycles. The molecule has 3 rings (SSSR count). The third kappa shape index (κ3) is 1.94. The van der Waals surface area contributed by atoms with Crippen LogP contribution in [0.25, 0.3) is 0 Å². The van der Waals surface area contributed by atoms with E-state index in [-0.39, 0.29) is 22.9 Å². The van der Waals surface area contributed by atoms with Crippen molar-refractivity contribution in [2.45, 2.75) is 52.6 Å². The zero-order valence-corrected chi connectivity index (χ0v) is 13.3. The molecule has 1 aromatic rings. The van der Waals surface area contributed by atoms with E-state index in [1.165, 1.54) is 11.1 Å². The highest BCUT2D eigenvalue weighted by Gasteiger charge is 2.65. The van der Waals surface area contributed by atoms with Crippen molar-refractivity contribution in [3.63, 3.8) is 0 Å². The Bertz CT molecular complexity index is 603. The van der Waals surface area contributed by atoms with E-state index in [1.807, 2.05) is 18.2 Å². The first-order chi connectivity index (χ1) is 9.88. The molecule has 1 aromatic heterocycles. The van der Waals surface area contributed by atoms with Crippen LogP contribution in [0.1, 0.15) is 46.2 Å². The highest BCUT2D eigenvalue weighted by Crippen LogP contribution is 2.62. The zero-order chi connectivity index (χ0) is 15.3. The summed E-state index contributed by atoms with van der Waals surface area (Å²) in [6, 6.07) is 5.86. The van der Waals surface area contributed by atoms with E-state index >= 15 is 0 Å². The summed E-state index contributed by atoms with van der Waals surface area (Å²) in [5, 5.41) is 0. The largest absolute Gasteiger partial charge is 0.458 e. The Morgan fingerprint density at radius 3 is 2.76 bits per heavy atom. The number of carbonyl (C=O) groups is 1. The lowest BCUT2D eigenvalue weighted by Gasteiger charge is -2.36. The standard InChI is InChI=1S/C18H23NO2/c1-12(2)14-8-9-17(3)18(14,4)15(16(20)21-17)11-13-7-5-6-10-19-13/h5-7,10,15H,8-9,11H2,1-4H3/t15-,17+,18-/m1/s1. The summed E-state index contributed by atoms with van der Waals surface area (Å²) in [6.07, 6.45) is 4.39. The number of hydrogen-bond acceptors (Lipinski definition) is 3. The van der Waals surface area contributed by atoms with Gasteiger partial charge in [-0.25, -0.2) is 0 Å². The Kier molecular flexibility index (Phi) is 3.19. The van der Waals surface area contributed by atoms with E-state index < -0.39 is 0 Å². The average molecular weight is 285 g/mol. The Morgan fingerprint density at radius 2 is 2.14 bits per heavy atom. The quantitative estimate of drug-likeness (QED) is 0.614. The molecule has 0 amide bonds. The van der Waals surface area contributed by atoms with Crippen LogP contribution in [0.15, 0.2) is 35.5 Å².